The van der Waals surface area contributed by atoms with Crippen molar-refractivity contribution in [1.82, 2.24) is 5.32 Å². The van der Waals surface area contributed by atoms with Gasteiger partial charge in [-0.1, -0.05) is 30.7 Å². The van der Waals surface area contributed by atoms with Crippen LogP contribution in [-0.2, 0) is 0 Å². The zero-order valence-electron chi connectivity index (χ0n) is 12.2. The largest absolute Gasteiger partial charge is 0.464 e. The van der Waals surface area contributed by atoms with E-state index in [4.69, 9.17) is 20.4 Å². The third-order valence-electron chi connectivity index (χ3n) is 3.44. The van der Waals surface area contributed by atoms with Crippen LogP contribution in [-0.4, -0.2) is 6.54 Å². The molecule has 1 unspecified atom stereocenters. The van der Waals surface area contributed by atoms with E-state index in [2.05, 4.69) is 12.2 Å². The van der Waals surface area contributed by atoms with Gasteiger partial charge in [-0.15, -0.1) is 0 Å². The number of furan rings is 2. The second kappa shape index (κ2) is 5.96. The van der Waals surface area contributed by atoms with E-state index in [1.165, 1.54) is 0 Å². The Morgan fingerprint density at radius 1 is 1.14 bits per heavy atom. The van der Waals surface area contributed by atoms with Gasteiger partial charge in [0.25, 0.3) is 0 Å². The average molecular weight is 304 g/mol. The van der Waals surface area contributed by atoms with Crippen LogP contribution in [0.25, 0.3) is 11.0 Å². The van der Waals surface area contributed by atoms with E-state index in [9.17, 15) is 0 Å². The molecular formula is C17H18ClNO2. The maximum Gasteiger partial charge on any atom is 0.152 e. The number of aryl methyl sites for hydroxylation is 1. The molecule has 0 saturated heterocycles. The van der Waals surface area contributed by atoms with Crippen molar-refractivity contribution in [3.05, 3.63) is 58.7 Å². The van der Waals surface area contributed by atoms with E-state index in [0.29, 0.717) is 5.02 Å². The van der Waals surface area contributed by atoms with Gasteiger partial charge in [-0.3, -0.25) is 0 Å². The zero-order valence-corrected chi connectivity index (χ0v) is 12.9. The molecule has 3 rings (SSSR count). The van der Waals surface area contributed by atoms with Crippen molar-refractivity contribution in [3.63, 3.8) is 0 Å². The van der Waals surface area contributed by atoms with E-state index in [0.717, 1.165) is 41.2 Å². The second-order valence-corrected chi connectivity index (χ2v) is 5.55. The summed E-state index contributed by atoms with van der Waals surface area (Å²) in [6.45, 7) is 4.96. The standard InChI is InChI=1S/C17H18ClNO2/c1-3-9-19-16(14-8-7-11(2)20-14)15-10-12-5-4-6-13(18)17(12)21-15/h4-8,10,16,19H,3,9H2,1-2H3. The molecule has 3 aromatic rings. The predicted octanol–water partition coefficient (Wildman–Crippen LogP) is 5.08. The first kappa shape index (κ1) is 14.2. The quantitative estimate of drug-likeness (QED) is 0.714. The van der Waals surface area contributed by atoms with Crippen LogP contribution in [0.4, 0.5) is 0 Å². The maximum atomic E-state index is 6.19. The number of hydrogen-bond donors (Lipinski definition) is 1. The molecule has 0 bridgehead atoms. The predicted molar refractivity (Wildman–Crippen MR) is 84.8 cm³/mol. The fraction of sp³-hybridized carbons (Fsp3) is 0.294. The number of benzene rings is 1. The monoisotopic (exact) mass is 303 g/mol. The van der Waals surface area contributed by atoms with Crippen molar-refractivity contribution < 1.29 is 8.83 Å². The molecule has 0 aliphatic heterocycles. The first-order valence-electron chi connectivity index (χ1n) is 7.16. The van der Waals surface area contributed by atoms with Crippen LogP contribution >= 0.6 is 11.6 Å². The Kier molecular flexibility index (Phi) is 4.04. The van der Waals surface area contributed by atoms with Gasteiger partial charge in [-0.2, -0.15) is 0 Å². The lowest BCUT2D eigenvalue weighted by molar-refractivity contribution is 0.390. The molecule has 0 saturated carbocycles. The van der Waals surface area contributed by atoms with Crippen LogP contribution in [0, 0.1) is 6.92 Å². The van der Waals surface area contributed by atoms with Gasteiger partial charge in [0.1, 0.15) is 23.3 Å². The minimum absolute atomic E-state index is 0.0953. The van der Waals surface area contributed by atoms with Crippen LogP contribution in [0.2, 0.25) is 5.02 Å². The summed E-state index contributed by atoms with van der Waals surface area (Å²) < 4.78 is 11.7. The van der Waals surface area contributed by atoms with Gasteiger partial charge in [0.05, 0.1) is 5.02 Å². The number of nitrogens with one attached hydrogen (secondary N) is 1. The molecule has 0 aliphatic carbocycles. The molecule has 1 atom stereocenters. The summed E-state index contributed by atoms with van der Waals surface area (Å²) in [5.41, 5.74) is 0.723. The molecule has 4 heteroatoms. The van der Waals surface area contributed by atoms with E-state index < -0.39 is 0 Å². The molecule has 0 amide bonds. The fourth-order valence-corrected chi connectivity index (χ4v) is 2.65. The number of rotatable bonds is 5. The van der Waals surface area contributed by atoms with E-state index in [1.54, 1.807) is 0 Å². The van der Waals surface area contributed by atoms with E-state index in [1.807, 2.05) is 43.3 Å². The molecule has 0 fully saturated rings. The highest BCUT2D eigenvalue weighted by Gasteiger charge is 2.21. The Bertz CT molecular complexity index is 744. The van der Waals surface area contributed by atoms with E-state index >= 15 is 0 Å². The molecule has 0 aliphatic rings. The molecule has 0 radical (unpaired) electrons. The Balaban J connectivity index is 2.03. The minimum atomic E-state index is -0.0953. The summed E-state index contributed by atoms with van der Waals surface area (Å²) in [6.07, 6.45) is 1.04. The lowest BCUT2D eigenvalue weighted by atomic mass is 10.1. The van der Waals surface area contributed by atoms with Gasteiger partial charge in [-0.25, -0.2) is 0 Å². The molecule has 21 heavy (non-hydrogen) atoms. The zero-order chi connectivity index (χ0) is 14.8. The molecule has 0 spiro atoms. The topological polar surface area (TPSA) is 38.3 Å². The average Bonchev–Trinajstić information content (AvgIpc) is 3.07. The van der Waals surface area contributed by atoms with Crippen LogP contribution in [0.15, 0.2) is 45.2 Å². The number of para-hydroxylation sites is 1. The third kappa shape index (κ3) is 2.85. The Hall–Kier alpha value is -1.71. The number of fused-ring (bicyclic) bond motifs is 1. The van der Waals surface area contributed by atoms with Crippen molar-refractivity contribution in [1.29, 1.82) is 0 Å². The summed E-state index contributed by atoms with van der Waals surface area (Å²) in [5.74, 6) is 2.57. The minimum Gasteiger partial charge on any atom is -0.464 e. The Morgan fingerprint density at radius 2 is 2.00 bits per heavy atom. The highest BCUT2D eigenvalue weighted by Crippen LogP contribution is 2.32. The van der Waals surface area contributed by atoms with E-state index in [-0.39, 0.29) is 6.04 Å². The number of hydrogen-bond acceptors (Lipinski definition) is 3. The SMILES string of the molecule is CCCNC(c1ccc(C)o1)c1cc2cccc(Cl)c2o1. The first-order chi connectivity index (χ1) is 10.2. The van der Waals surface area contributed by atoms with Crippen LogP contribution in [0.1, 0.15) is 36.7 Å². The third-order valence-corrected chi connectivity index (χ3v) is 3.74. The Labute approximate surface area is 128 Å². The normalized spacial score (nSPS) is 12.9. The summed E-state index contributed by atoms with van der Waals surface area (Å²) in [4.78, 5) is 0. The van der Waals surface area contributed by atoms with Crippen molar-refractivity contribution in [2.75, 3.05) is 6.54 Å². The van der Waals surface area contributed by atoms with Crippen molar-refractivity contribution in [2.24, 2.45) is 0 Å². The Morgan fingerprint density at radius 3 is 2.67 bits per heavy atom. The lowest BCUT2D eigenvalue weighted by Crippen LogP contribution is -2.22. The first-order valence-corrected chi connectivity index (χ1v) is 7.54. The molecule has 1 aromatic carbocycles. The van der Waals surface area contributed by atoms with Crippen molar-refractivity contribution in [3.8, 4) is 0 Å². The van der Waals surface area contributed by atoms with Gasteiger partial charge in [0.2, 0.25) is 0 Å². The molecule has 1 N–H and O–H groups in total. The van der Waals surface area contributed by atoms with Gasteiger partial charge < -0.3 is 14.2 Å². The summed E-state index contributed by atoms with van der Waals surface area (Å²) in [7, 11) is 0. The van der Waals surface area contributed by atoms with Crippen LogP contribution in [0.3, 0.4) is 0 Å². The van der Waals surface area contributed by atoms with Gasteiger partial charge in [0, 0.05) is 5.39 Å². The molecule has 3 nitrogen and oxygen atoms in total. The van der Waals surface area contributed by atoms with Crippen molar-refractivity contribution in [2.45, 2.75) is 26.3 Å². The molecular weight excluding hydrogens is 286 g/mol. The van der Waals surface area contributed by atoms with Gasteiger partial charge in [-0.05, 0) is 44.2 Å². The number of halogens is 1. The summed E-state index contributed by atoms with van der Waals surface area (Å²) in [6, 6.07) is 11.6. The lowest BCUT2D eigenvalue weighted by Gasteiger charge is -2.13. The summed E-state index contributed by atoms with van der Waals surface area (Å²) in [5, 5.41) is 5.10. The summed E-state index contributed by atoms with van der Waals surface area (Å²) >= 11 is 6.19. The van der Waals surface area contributed by atoms with Crippen LogP contribution in [0.5, 0.6) is 0 Å². The molecule has 110 valence electrons. The van der Waals surface area contributed by atoms with Crippen molar-refractivity contribution >= 4 is 22.6 Å². The molecule has 2 heterocycles. The highest BCUT2D eigenvalue weighted by molar-refractivity contribution is 6.34. The smallest absolute Gasteiger partial charge is 0.152 e. The van der Waals surface area contributed by atoms with Crippen LogP contribution < -0.4 is 5.32 Å². The maximum absolute atomic E-state index is 6.19. The van der Waals surface area contributed by atoms with Gasteiger partial charge >= 0.3 is 0 Å². The van der Waals surface area contributed by atoms with Gasteiger partial charge in [0.15, 0.2) is 5.58 Å². The highest BCUT2D eigenvalue weighted by atomic mass is 35.5. The second-order valence-electron chi connectivity index (χ2n) is 5.14. The fourth-order valence-electron chi connectivity index (χ4n) is 2.43. The molecule has 2 aromatic heterocycles.